The highest BCUT2D eigenvalue weighted by molar-refractivity contribution is 5.78. The Balaban J connectivity index is 1.84. The molecule has 0 aliphatic rings. The number of fused-ring (bicyclic) bond motifs is 1. The zero-order chi connectivity index (χ0) is 12.5. The second-order valence-corrected chi connectivity index (χ2v) is 4.36. The Morgan fingerprint density at radius 2 is 2.06 bits per heavy atom. The summed E-state index contributed by atoms with van der Waals surface area (Å²) in [5.41, 5.74) is 3.28. The van der Waals surface area contributed by atoms with E-state index < -0.39 is 0 Å². The van der Waals surface area contributed by atoms with Gasteiger partial charge < -0.3 is 9.88 Å². The number of rotatable bonds is 3. The fourth-order valence-electron chi connectivity index (χ4n) is 2.05. The molecule has 0 aliphatic carbocycles. The lowest BCUT2D eigenvalue weighted by atomic mass is 10.3. The minimum absolute atomic E-state index is 0.727. The van der Waals surface area contributed by atoms with Crippen LogP contribution in [-0.2, 0) is 20.6 Å². The molecule has 5 heteroatoms. The van der Waals surface area contributed by atoms with Crippen molar-refractivity contribution in [3.05, 3.63) is 42.2 Å². The average molecular weight is 241 g/mol. The lowest BCUT2D eigenvalue weighted by molar-refractivity contribution is 0.767. The maximum atomic E-state index is 4.56. The van der Waals surface area contributed by atoms with Crippen LogP contribution in [0.2, 0.25) is 0 Å². The van der Waals surface area contributed by atoms with Crippen molar-refractivity contribution in [2.75, 3.05) is 5.32 Å². The molecule has 3 aromatic rings. The van der Waals surface area contributed by atoms with Crippen LogP contribution in [-0.4, -0.2) is 19.3 Å². The normalized spacial score (nSPS) is 11.0. The molecule has 0 spiro atoms. The molecule has 0 aliphatic heterocycles. The van der Waals surface area contributed by atoms with E-state index in [4.69, 9.17) is 0 Å². The molecular formula is C13H15N5. The number of anilines is 1. The Morgan fingerprint density at radius 1 is 1.22 bits per heavy atom. The van der Waals surface area contributed by atoms with Gasteiger partial charge in [-0.15, -0.1) is 0 Å². The van der Waals surface area contributed by atoms with Gasteiger partial charge in [0.05, 0.1) is 17.2 Å². The maximum absolute atomic E-state index is 4.56. The summed E-state index contributed by atoms with van der Waals surface area (Å²) in [7, 11) is 3.93. The number of aryl methyl sites for hydroxylation is 2. The molecule has 0 saturated carbocycles. The van der Waals surface area contributed by atoms with Crippen LogP contribution in [0.5, 0.6) is 0 Å². The number of imidazole rings is 1. The summed E-state index contributed by atoms with van der Waals surface area (Å²) in [6, 6.07) is 8.11. The Morgan fingerprint density at radius 3 is 2.78 bits per heavy atom. The number of aromatic nitrogens is 4. The van der Waals surface area contributed by atoms with Crippen LogP contribution in [0.3, 0.4) is 0 Å². The Bertz CT molecular complexity index is 680. The van der Waals surface area contributed by atoms with E-state index in [1.54, 1.807) is 4.68 Å². The van der Waals surface area contributed by atoms with E-state index in [1.807, 2.05) is 44.7 Å². The SMILES string of the molecule is Cn1cc(CNc2nc3ccccc3n2C)cn1. The van der Waals surface area contributed by atoms with Crippen molar-refractivity contribution in [2.45, 2.75) is 6.54 Å². The number of nitrogens with one attached hydrogen (secondary N) is 1. The van der Waals surface area contributed by atoms with Gasteiger partial charge in [-0.25, -0.2) is 4.98 Å². The molecular weight excluding hydrogens is 226 g/mol. The molecule has 0 amide bonds. The first-order valence-corrected chi connectivity index (χ1v) is 5.87. The van der Waals surface area contributed by atoms with Crippen LogP contribution in [0.4, 0.5) is 5.95 Å². The van der Waals surface area contributed by atoms with Gasteiger partial charge in [0.15, 0.2) is 0 Å². The van der Waals surface area contributed by atoms with Gasteiger partial charge in [0.1, 0.15) is 0 Å². The van der Waals surface area contributed by atoms with Crippen molar-refractivity contribution < 1.29 is 0 Å². The Hall–Kier alpha value is -2.30. The predicted molar refractivity (Wildman–Crippen MR) is 71.2 cm³/mol. The average Bonchev–Trinajstić information content (AvgIpc) is 2.92. The zero-order valence-electron chi connectivity index (χ0n) is 10.5. The molecule has 5 nitrogen and oxygen atoms in total. The third kappa shape index (κ3) is 1.84. The first-order chi connectivity index (χ1) is 8.74. The van der Waals surface area contributed by atoms with E-state index in [0.29, 0.717) is 0 Å². The van der Waals surface area contributed by atoms with Crippen molar-refractivity contribution >= 4 is 17.0 Å². The maximum Gasteiger partial charge on any atom is 0.203 e. The third-order valence-electron chi connectivity index (χ3n) is 3.00. The highest BCUT2D eigenvalue weighted by atomic mass is 15.2. The number of para-hydroxylation sites is 2. The number of benzene rings is 1. The summed E-state index contributed by atoms with van der Waals surface area (Å²) < 4.78 is 3.86. The fourth-order valence-corrected chi connectivity index (χ4v) is 2.05. The standard InChI is InChI=1S/C13H15N5/c1-17-9-10(8-15-17)7-14-13-16-11-5-3-4-6-12(11)18(13)2/h3-6,8-9H,7H2,1-2H3,(H,14,16). The number of nitrogens with zero attached hydrogens (tertiary/aromatic N) is 4. The van der Waals surface area contributed by atoms with Gasteiger partial charge in [-0.05, 0) is 12.1 Å². The minimum Gasteiger partial charge on any atom is -0.351 e. The van der Waals surface area contributed by atoms with Gasteiger partial charge in [-0.3, -0.25) is 4.68 Å². The molecule has 0 fully saturated rings. The van der Waals surface area contributed by atoms with Crippen LogP contribution in [0.1, 0.15) is 5.56 Å². The first-order valence-electron chi connectivity index (χ1n) is 5.87. The van der Waals surface area contributed by atoms with Crippen molar-refractivity contribution in [1.82, 2.24) is 19.3 Å². The number of hydrogen-bond acceptors (Lipinski definition) is 3. The predicted octanol–water partition coefficient (Wildman–Crippen LogP) is 1.92. The van der Waals surface area contributed by atoms with Crippen molar-refractivity contribution in [3.63, 3.8) is 0 Å². The van der Waals surface area contributed by atoms with Crippen LogP contribution in [0.25, 0.3) is 11.0 Å². The molecule has 0 unspecified atom stereocenters. The van der Waals surface area contributed by atoms with Crippen molar-refractivity contribution in [2.24, 2.45) is 14.1 Å². The molecule has 0 atom stereocenters. The summed E-state index contributed by atoms with van der Waals surface area (Å²) in [6.45, 7) is 0.727. The van der Waals surface area contributed by atoms with Gasteiger partial charge in [-0.2, -0.15) is 5.10 Å². The first kappa shape index (κ1) is 10.8. The second-order valence-electron chi connectivity index (χ2n) is 4.36. The van der Waals surface area contributed by atoms with Crippen LogP contribution in [0.15, 0.2) is 36.7 Å². The summed E-state index contributed by atoms with van der Waals surface area (Å²) in [4.78, 5) is 4.56. The van der Waals surface area contributed by atoms with Gasteiger partial charge >= 0.3 is 0 Å². The largest absolute Gasteiger partial charge is 0.351 e. The molecule has 0 saturated heterocycles. The van der Waals surface area contributed by atoms with Gasteiger partial charge in [0.2, 0.25) is 5.95 Å². The van der Waals surface area contributed by atoms with Gasteiger partial charge in [0, 0.05) is 32.4 Å². The highest BCUT2D eigenvalue weighted by Crippen LogP contribution is 2.17. The molecule has 2 heterocycles. The topological polar surface area (TPSA) is 47.7 Å². The van der Waals surface area contributed by atoms with E-state index in [-0.39, 0.29) is 0 Å². The fraction of sp³-hybridized carbons (Fsp3) is 0.231. The smallest absolute Gasteiger partial charge is 0.203 e. The molecule has 2 aromatic heterocycles. The highest BCUT2D eigenvalue weighted by Gasteiger charge is 2.06. The molecule has 0 bridgehead atoms. The Labute approximate surface area is 105 Å². The summed E-state index contributed by atoms with van der Waals surface area (Å²) >= 11 is 0. The second kappa shape index (κ2) is 4.18. The minimum atomic E-state index is 0.727. The van der Waals surface area contributed by atoms with Crippen LogP contribution >= 0.6 is 0 Å². The van der Waals surface area contributed by atoms with E-state index in [9.17, 15) is 0 Å². The molecule has 18 heavy (non-hydrogen) atoms. The van der Waals surface area contributed by atoms with Gasteiger partial charge in [0.25, 0.3) is 0 Å². The number of hydrogen-bond donors (Lipinski definition) is 1. The van der Waals surface area contributed by atoms with Gasteiger partial charge in [-0.1, -0.05) is 12.1 Å². The molecule has 92 valence electrons. The van der Waals surface area contributed by atoms with Crippen LogP contribution < -0.4 is 5.32 Å². The monoisotopic (exact) mass is 241 g/mol. The lowest BCUT2D eigenvalue weighted by Gasteiger charge is -2.04. The van der Waals surface area contributed by atoms with E-state index in [1.165, 1.54) is 0 Å². The summed E-state index contributed by atoms with van der Waals surface area (Å²) in [5, 5.41) is 7.47. The van der Waals surface area contributed by atoms with Crippen molar-refractivity contribution in [3.8, 4) is 0 Å². The quantitative estimate of drug-likeness (QED) is 0.762. The summed E-state index contributed by atoms with van der Waals surface area (Å²) in [6.07, 6.45) is 3.85. The van der Waals surface area contributed by atoms with Crippen LogP contribution in [0, 0.1) is 0 Å². The zero-order valence-corrected chi connectivity index (χ0v) is 10.5. The molecule has 1 aromatic carbocycles. The summed E-state index contributed by atoms with van der Waals surface area (Å²) in [5.74, 6) is 0.875. The molecule has 0 radical (unpaired) electrons. The Kier molecular flexibility index (Phi) is 2.51. The molecule has 1 N–H and O–H groups in total. The lowest BCUT2D eigenvalue weighted by Crippen LogP contribution is -2.04. The van der Waals surface area contributed by atoms with E-state index in [0.717, 1.165) is 29.1 Å². The molecule has 3 rings (SSSR count). The van der Waals surface area contributed by atoms with E-state index >= 15 is 0 Å². The van der Waals surface area contributed by atoms with E-state index in [2.05, 4.69) is 26.0 Å². The van der Waals surface area contributed by atoms with Crippen molar-refractivity contribution in [1.29, 1.82) is 0 Å². The third-order valence-corrected chi connectivity index (χ3v) is 3.00.